The topological polar surface area (TPSA) is 76.4 Å². The molecule has 0 aliphatic heterocycles. The molecule has 5 nitrogen and oxygen atoms in total. The Hall–Kier alpha value is -0.810. The molecule has 5 heteroatoms. The zero-order chi connectivity index (χ0) is 10.1. The number of ether oxygens (including phenoxy) is 1. The van der Waals surface area contributed by atoms with Gasteiger partial charge in [0.05, 0.1) is 0 Å². The molecule has 13 heavy (non-hydrogen) atoms. The number of nitrogens with one attached hydrogen (secondary N) is 2. The van der Waals surface area contributed by atoms with Gasteiger partial charge < -0.3 is 21.1 Å². The van der Waals surface area contributed by atoms with Crippen molar-refractivity contribution in [2.75, 3.05) is 27.3 Å². The lowest BCUT2D eigenvalue weighted by Crippen LogP contribution is -2.43. The molecule has 0 aromatic heterocycles. The first kappa shape index (κ1) is 12.2. The summed E-state index contributed by atoms with van der Waals surface area (Å²) < 4.78 is 4.91. The van der Waals surface area contributed by atoms with E-state index in [4.69, 9.17) is 10.5 Å². The molecule has 2 amide bonds. The Morgan fingerprint density at radius 2 is 2.31 bits per heavy atom. The van der Waals surface area contributed by atoms with Crippen LogP contribution in [0.15, 0.2) is 0 Å². The van der Waals surface area contributed by atoms with Gasteiger partial charge in [0.15, 0.2) is 0 Å². The molecule has 0 heterocycles. The Balaban J connectivity index is 3.59. The van der Waals surface area contributed by atoms with Crippen LogP contribution in [-0.2, 0) is 4.74 Å². The molecule has 0 aliphatic carbocycles. The average molecular weight is 189 g/mol. The molecule has 0 aliphatic rings. The summed E-state index contributed by atoms with van der Waals surface area (Å²) in [4.78, 5) is 10.6. The number of hydrogen-bond acceptors (Lipinski definition) is 3. The maximum absolute atomic E-state index is 10.6. The van der Waals surface area contributed by atoms with Gasteiger partial charge in [-0.15, -0.1) is 0 Å². The van der Waals surface area contributed by atoms with Crippen LogP contribution in [0.25, 0.3) is 0 Å². The van der Waals surface area contributed by atoms with E-state index in [2.05, 4.69) is 10.6 Å². The fraction of sp³-hybridized carbons (Fsp3) is 0.875. The smallest absolute Gasteiger partial charge is 0.312 e. The summed E-state index contributed by atoms with van der Waals surface area (Å²) in [6.07, 6.45) is 1.79. The second-order valence-corrected chi connectivity index (χ2v) is 2.90. The highest BCUT2D eigenvalue weighted by Gasteiger charge is 2.08. The molecule has 78 valence electrons. The molecule has 0 radical (unpaired) electrons. The molecule has 0 saturated carbocycles. The molecule has 0 unspecified atom stereocenters. The minimum atomic E-state index is -0.474. The van der Waals surface area contributed by atoms with Crippen molar-refractivity contribution >= 4 is 6.03 Å². The summed E-state index contributed by atoms with van der Waals surface area (Å²) in [5, 5.41) is 5.65. The summed E-state index contributed by atoms with van der Waals surface area (Å²) in [5.74, 6) is 0. The predicted octanol–water partition coefficient (Wildman–Crippen LogP) is -0.331. The standard InChI is InChI=1S/C8H19N3O2/c1-10-6-7(11-8(9)12)4-3-5-13-2/h7,10H,3-6H2,1-2H3,(H3,9,11,12)/t7-/m0/s1. The Morgan fingerprint density at radius 3 is 2.77 bits per heavy atom. The summed E-state index contributed by atoms with van der Waals surface area (Å²) in [6.45, 7) is 1.44. The van der Waals surface area contributed by atoms with Gasteiger partial charge in [-0.3, -0.25) is 0 Å². The van der Waals surface area contributed by atoms with Crippen LogP contribution >= 0.6 is 0 Å². The average Bonchev–Trinajstić information content (AvgIpc) is 2.04. The lowest BCUT2D eigenvalue weighted by atomic mass is 10.1. The maximum atomic E-state index is 10.6. The molecule has 0 fully saturated rings. The van der Waals surface area contributed by atoms with Crippen LogP contribution in [-0.4, -0.2) is 39.4 Å². The van der Waals surface area contributed by atoms with Gasteiger partial charge >= 0.3 is 6.03 Å². The molecule has 0 bridgehead atoms. The SMILES string of the molecule is CNC[C@H](CCCOC)NC(N)=O. The van der Waals surface area contributed by atoms with Crippen LogP contribution < -0.4 is 16.4 Å². The quantitative estimate of drug-likeness (QED) is 0.480. The summed E-state index contributed by atoms with van der Waals surface area (Å²) in [7, 11) is 3.50. The van der Waals surface area contributed by atoms with E-state index in [0.717, 1.165) is 19.4 Å². The highest BCUT2D eigenvalue weighted by Crippen LogP contribution is 1.96. The zero-order valence-corrected chi connectivity index (χ0v) is 8.30. The number of methoxy groups -OCH3 is 1. The highest BCUT2D eigenvalue weighted by molar-refractivity contribution is 5.71. The van der Waals surface area contributed by atoms with Crippen molar-refractivity contribution < 1.29 is 9.53 Å². The van der Waals surface area contributed by atoms with Gasteiger partial charge in [0, 0.05) is 26.3 Å². The van der Waals surface area contributed by atoms with Gasteiger partial charge in [0.25, 0.3) is 0 Å². The van der Waals surface area contributed by atoms with Crippen molar-refractivity contribution in [3.8, 4) is 0 Å². The first-order valence-corrected chi connectivity index (χ1v) is 4.40. The minimum absolute atomic E-state index is 0.0950. The summed E-state index contributed by atoms with van der Waals surface area (Å²) >= 11 is 0. The molecule has 0 aromatic rings. The number of hydrogen-bond donors (Lipinski definition) is 3. The van der Waals surface area contributed by atoms with E-state index in [1.807, 2.05) is 7.05 Å². The fourth-order valence-corrected chi connectivity index (χ4v) is 1.15. The largest absolute Gasteiger partial charge is 0.385 e. The van der Waals surface area contributed by atoms with E-state index in [1.54, 1.807) is 7.11 Å². The van der Waals surface area contributed by atoms with Crippen molar-refractivity contribution in [2.45, 2.75) is 18.9 Å². The van der Waals surface area contributed by atoms with E-state index in [-0.39, 0.29) is 6.04 Å². The Morgan fingerprint density at radius 1 is 1.62 bits per heavy atom. The minimum Gasteiger partial charge on any atom is -0.385 e. The van der Waals surface area contributed by atoms with Crippen molar-refractivity contribution in [3.05, 3.63) is 0 Å². The lowest BCUT2D eigenvalue weighted by molar-refractivity contribution is 0.188. The third kappa shape index (κ3) is 7.55. The van der Waals surface area contributed by atoms with Gasteiger partial charge in [-0.25, -0.2) is 4.79 Å². The number of carbonyl (C=O) groups is 1. The molecular weight excluding hydrogens is 170 g/mol. The summed E-state index contributed by atoms with van der Waals surface area (Å²) in [6, 6.07) is -0.379. The van der Waals surface area contributed by atoms with Crippen LogP contribution in [0.1, 0.15) is 12.8 Å². The fourth-order valence-electron chi connectivity index (χ4n) is 1.15. The van der Waals surface area contributed by atoms with Gasteiger partial charge in [-0.2, -0.15) is 0 Å². The molecular formula is C8H19N3O2. The van der Waals surface area contributed by atoms with E-state index in [1.165, 1.54) is 0 Å². The van der Waals surface area contributed by atoms with Crippen molar-refractivity contribution in [1.29, 1.82) is 0 Å². The first-order valence-electron chi connectivity index (χ1n) is 4.40. The number of urea groups is 1. The first-order chi connectivity index (χ1) is 6.20. The zero-order valence-electron chi connectivity index (χ0n) is 8.30. The number of likely N-dealkylation sites (N-methyl/N-ethyl adjacent to an activating group) is 1. The van der Waals surface area contributed by atoms with Gasteiger partial charge in [0.2, 0.25) is 0 Å². The van der Waals surface area contributed by atoms with Gasteiger partial charge in [-0.05, 0) is 19.9 Å². The number of primary amides is 1. The number of carbonyl (C=O) groups excluding carboxylic acids is 1. The monoisotopic (exact) mass is 189 g/mol. The normalized spacial score (nSPS) is 12.5. The van der Waals surface area contributed by atoms with E-state index < -0.39 is 6.03 Å². The van der Waals surface area contributed by atoms with Crippen LogP contribution in [0.4, 0.5) is 4.79 Å². The number of nitrogens with two attached hydrogens (primary N) is 1. The molecule has 0 saturated heterocycles. The van der Waals surface area contributed by atoms with Crippen molar-refractivity contribution in [3.63, 3.8) is 0 Å². The third-order valence-corrected chi connectivity index (χ3v) is 1.70. The molecule has 0 spiro atoms. The van der Waals surface area contributed by atoms with E-state index in [9.17, 15) is 4.79 Å². The van der Waals surface area contributed by atoms with Crippen LogP contribution in [0, 0.1) is 0 Å². The van der Waals surface area contributed by atoms with Crippen LogP contribution in [0.3, 0.4) is 0 Å². The number of amides is 2. The Bertz CT molecular complexity index is 141. The molecule has 0 rings (SSSR count). The Kier molecular flexibility index (Phi) is 7.33. The molecule has 4 N–H and O–H groups in total. The molecule has 0 aromatic carbocycles. The lowest BCUT2D eigenvalue weighted by Gasteiger charge is -2.16. The summed E-state index contributed by atoms with van der Waals surface area (Å²) in [5.41, 5.74) is 5.02. The Labute approximate surface area is 79.0 Å². The van der Waals surface area contributed by atoms with Crippen LogP contribution in [0.5, 0.6) is 0 Å². The van der Waals surface area contributed by atoms with Gasteiger partial charge in [-0.1, -0.05) is 0 Å². The second-order valence-electron chi connectivity index (χ2n) is 2.90. The van der Waals surface area contributed by atoms with Crippen molar-refractivity contribution in [1.82, 2.24) is 10.6 Å². The maximum Gasteiger partial charge on any atom is 0.312 e. The second kappa shape index (κ2) is 7.82. The molecule has 1 atom stereocenters. The highest BCUT2D eigenvalue weighted by atomic mass is 16.5. The van der Waals surface area contributed by atoms with E-state index in [0.29, 0.717) is 6.61 Å². The van der Waals surface area contributed by atoms with Gasteiger partial charge in [0.1, 0.15) is 0 Å². The number of rotatable bonds is 7. The van der Waals surface area contributed by atoms with Crippen LogP contribution in [0.2, 0.25) is 0 Å². The predicted molar refractivity (Wildman–Crippen MR) is 51.5 cm³/mol. The third-order valence-electron chi connectivity index (χ3n) is 1.70. The van der Waals surface area contributed by atoms with E-state index >= 15 is 0 Å². The van der Waals surface area contributed by atoms with Crippen molar-refractivity contribution in [2.24, 2.45) is 5.73 Å².